The summed E-state index contributed by atoms with van der Waals surface area (Å²) >= 11 is 0. The summed E-state index contributed by atoms with van der Waals surface area (Å²) in [7, 11) is 1.60. The molecule has 1 aliphatic rings. The number of amides is 1. The number of carbonyl (C=O) groups is 1. The van der Waals surface area contributed by atoms with Crippen LogP contribution in [0.4, 0.5) is 11.5 Å². The van der Waals surface area contributed by atoms with E-state index in [4.69, 9.17) is 15.6 Å². The van der Waals surface area contributed by atoms with E-state index < -0.39 is 0 Å². The van der Waals surface area contributed by atoms with Crippen LogP contribution >= 0.6 is 0 Å². The molecule has 9 nitrogen and oxygen atoms in total. The van der Waals surface area contributed by atoms with E-state index in [1.807, 2.05) is 22.9 Å². The van der Waals surface area contributed by atoms with Crippen molar-refractivity contribution >= 4 is 28.4 Å². The SMILES string of the molecule is COc1ccc(NC(=O)c2cccc(-c3nn([C@@H]4CCCNC4)c4ncnc(N)c34)c2)cc1. The number of hydrogen-bond donors (Lipinski definition) is 3. The number of nitrogens with two attached hydrogens (primary N) is 1. The lowest BCUT2D eigenvalue weighted by atomic mass is 10.1. The molecule has 0 spiro atoms. The van der Waals surface area contributed by atoms with E-state index in [1.54, 1.807) is 37.4 Å². The number of aromatic nitrogens is 4. The van der Waals surface area contributed by atoms with Gasteiger partial charge < -0.3 is 21.1 Å². The van der Waals surface area contributed by atoms with Crippen LogP contribution in [0.25, 0.3) is 22.3 Å². The quantitative estimate of drug-likeness (QED) is 0.433. The molecule has 2 aromatic carbocycles. The zero-order valence-corrected chi connectivity index (χ0v) is 18.3. The average Bonchev–Trinajstić information content (AvgIpc) is 3.26. The number of benzene rings is 2. The number of nitrogens with zero attached hydrogens (tertiary/aromatic N) is 4. The molecular weight excluding hydrogens is 418 g/mol. The van der Waals surface area contributed by atoms with E-state index >= 15 is 0 Å². The Balaban J connectivity index is 1.50. The van der Waals surface area contributed by atoms with Crippen molar-refractivity contribution in [1.29, 1.82) is 0 Å². The van der Waals surface area contributed by atoms with Gasteiger partial charge in [0.15, 0.2) is 5.65 Å². The second kappa shape index (κ2) is 8.87. The van der Waals surface area contributed by atoms with Crippen molar-refractivity contribution in [1.82, 2.24) is 25.1 Å². The molecule has 2 aromatic heterocycles. The van der Waals surface area contributed by atoms with E-state index in [0.29, 0.717) is 33.8 Å². The van der Waals surface area contributed by atoms with Crippen molar-refractivity contribution in [2.75, 3.05) is 31.2 Å². The fraction of sp³-hybridized carbons (Fsp3) is 0.250. The van der Waals surface area contributed by atoms with Crippen LogP contribution in [0.3, 0.4) is 0 Å². The maximum Gasteiger partial charge on any atom is 0.255 e. The second-order valence-electron chi connectivity index (χ2n) is 8.01. The summed E-state index contributed by atoms with van der Waals surface area (Å²) in [5.41, 5.74) is 9.61. The molecule has 1 fully saturated rings. The fourth-order valence-electron chi connectivity index (χ4n) is 4.18. The summed E-state index contributed by atoms with van der Waals surface area (Å²) in [5.74, 6) is 0.884. The molecule has 33 heavy (non-hydrogen) atoms. The molecule has 3 heterocycles. The third kappa shape index (κ3) is 4.10. The molecule has 9 heteroatoms. The molecule has 168 valence electrons. The molecule has 4 N–H and O–H groups in total. The van der Waals surface area contributed by atoms with Crippen LogP contribution in [0.2, 0.25) is 0 Å². The van der Waals surface area contributed by atoms with E-state index in [0.717, 1.165) is 37.2 Å². The monoisotopic (exact) mass is 443 g/mol. The Morgan fingerprint density at radius 2 is 2.06 bits per heavy atom. The van der Waals surface area contributed by atoms with Crippen LogP contribution < -0.4 is 21.1 Å². The van der Waals surface area contributed by atoms with Crippen molar-refractivity contribution in [3.8, 4) is 17.0 Å². The first-order valence-electron chi connectivity index (χ1n) is 10.9. The van der Waals surface area contributed by atoms with Crippen LogP contribution in [-0.4, -0.2) is 45.9 Å². The second-order valence-corrected chi connectivity index (χ2v) is 8.01. The Hall–Kier alpha value is -3.98. The minimum absolute atomic E-state index is 0.186. The van der Waals surface area contributed by atoms with Gasteiger partial charge in [-0.2, -0.15) is 5.10 Å². The summed E-state index contributed by atoms with van der Waals surface area (Å²) in [6.07, 6.45) is 3.55. The lowest BCUT2D eigenvalue weighted by Crippen LogP contribution is -2.32. The largest absolute Gasteiger partial charge is 0.497 e. The Kier molecular flexibility index (Phi) is 5.62. The molecule has 1 amide bonds. The van der Waals surface area contributed by atoms with Crippen LogP contribution in [0.15, 0.2) is 54.9 Å². The Bertz CT molecular complexity index is 1290. The van der Waals surface area contributed by atoms with Crippen molar-refractivity contribution in [2.24, 2.45) is 0 Å². The smallest absolute Gasteiger partial charge is 0.255 e. The lowest BCUT2D eigenvalue weighted by Gasteiger charge is -2.23. The highest BCUT2D eigenvalue weighted by Crippen LogP contribution is 2.33. The highest BCUT2D eigenvalue weighted by Gasteiger charge is 2.24. The van der Waals surface area contributed by atoms with E-state index in [2.05, 4.69) is 20.6 Å². The number of anilines is 2. The number of carbonyl (C=O) groups excluding carboxylic acids is 1. The zero-order valence-electron chi connectivity index (χ0n) is 18.3. The molecule has 5 rings (SSSR count). The van der Waals surface area contributed by atoms with Gasteiger partial charge in [0.1, 0.15) is 23.6 Å². The van der Waals surface area contributed by atoms with Crippen LogP contribution in [0.5, 0.6) is 5.75 Å². The molecule has 4 aromatic rings. The highest BCUT2D eigenvalue weighted by molar-refractivity contribution is 6.06. The fourth-order valence-corrected chi connectivity index (χ4v) is 4.18. The maximum absolute atomic E-state index is 12.9. The molecule has 0 aliphatic carbocycles. The molecular formula is C24H25N7O2. The molecule has 1 atom stereocenters. The molecule has 1 saturated heterocycles. The van der Waals surface area contributed by atoms with E-state index in [1.165, 1.54) is 6.33 Å². The number of ether oxygens (including phenoxy) is 1. The number of piperidine rings is 1. The number of fused-ring (bicyclic) bond motifs is 1. The molecule has 0 radical (unpaired) electrons. The standard InChI is InChI=1S/C24H25N7O2/c1-33-19-9-7-17(8-10-19)29-24(32)16-5-2-4-15(12-16)21-20-22(25)27-14-28-23(20)31(30-21)18-6-3-11-26-13-18/h2,4-5,7-10,12,14,18,26H,3,6,11,13H2,1H3,(H,29,32)(H2,25,27,28)/t18-/m1/s1. The minimum Gasteiger partial charge on any atom is -0.497 e. The first-order valence-corrected chi connectivity index (χ1v) is 10.9. The Morgan fingerprint density at radius 3 is 2.82 bits per heavy atom. The van der Waals surface area contributed by atoms with Crippen LogP contribution in [0, 0.1) is 0 Å². The normalized spacial score (nSPS) is 16.0. The summed E-state index contributed by atoms with van der Waals surface area (Å²) < 4.78 is 7.11. The Labute approximate surface area is 191 Å². The topological polar surface area (TPSA) is 120 Å². The van der Waals surface area contributed by atoms with Gasteiger partial charge in [0.25, 0.3) is 5.91 Å². The maximum atomic E-state index is 12.9. The summed E-state index contributed by atoms with van der Waals surface area (Å²) in [4.78, 5) is 21.6. The molecule has 1 aliphatic heterocycles. The predicted molar refractivity (Wildman–Crippen MR) is 127 cm³/mol. The van der Waals surface area contributed by atoms with Gasteiger partial charge in [0, 0.05) is 23.4 Å². The summed E-state index contributed by atoms with van der Waals surface area (Å²) in [6, 6.07) is 14.7. The number of rotatable bonds is 5. The van der Waals surface area contributed by atoms with Gasteiger partial charge >= 0.3 is 0 Å². The summed E-state index contributed by atoms with van der Waals surface area (Å²) in [5, 5.41) is 11.9. The number of hydrogen-bond acceptors (Lipinski definition) is 7. The number of nitrogens with one attached hydrogen (secondary N) is 2. The van der Waals surface area contributed by atoms with Crippen LogP contribution in [-0.2, 0) is 0 Å². The van der Waals surface area contributed by atoms with Gasteiger partial charge in [-0.25, -0.2) is 14.6 Å². The van der Waals surface area contributed by atoms with Gasteiger partial charge in [0.05, 0.1) is 18.5 Å². The Morgan fingerprint density at radius 1 is 1.21 bits per heavy atom. The van der Waals surface area contributed by atoms with Gasteiger partial charge in [-0.15, -0.1) is 0 Å². The lowest BCUT2D eigenvalue weighted by molar-refractivity contribution is 0.102. The molecule has 0 saturated carbocycles. The van der Waals surface area contributed by atoms with E-state index in [-0.39, 0.29) is 11.9 Å². The average molecular weight is 444 g/mol. The van der Waals surface area contributed by atoms with Crippen molar-refractivity contribution in [2.45, 2.75) is 18.9 Å². The zero-order chi connectivity index (χ0) is 22.8. The molecule has 0 unspecified atom stereocenters. The first-order chi connectivity index (χ1) is 16.1. The van der Waals surface area contributed by atoms with Crippen molar-refractivity contribution in [3.05, 3.63) is 60.4 Å². The first kappa shape index (κ1) is 20.9. The predicted octanol–water partition coefficient (Wildman–Crippen LogP) is 3.26. The third-order valence-corrected chi connectivity index (χ3v) is 5.88. The third-order valence-electron chi connectivity index (χ3n) is 5.88. The summed E-state index contributed by atoms with van der Waals surface area (Å²) in [6.45, 7) is 1.83. The van der Waals surface area contributed by atoms with E-state index in [9.17, 15) is 4.79 Å². The number of methoxy groups -OCH3 is 1. The van der Waals surface area contributed by atoms with Gasteiger partial charge in [-0.3, -0.25) is 4.79 Å². The van der Waals surface area contributed by atoms with Crippen molar-refractivity contribution < 1.29 is 9.53 Å². The highest BCUT2D eigenvalue weighted by atomic mass is 16.5. The minimum atomic E-state index is -0.216. The van der Waals surface area contributed by atoms with Crippen LogP contribution in [0.1, 0.15) is 29.2 Å². The van der Waals surface area contributed by atoms with Gasteiger partial charge in [0.2, 0.25) is 0 Å². The molecule has 0 bridgehead atoms. The van der Waals surface area contributed by atoms with Gasteiger partial charge in [-0.05, 0) is 55.8 Å². The number of nitrogen functional groups attached to an aromatic ring is 1. The van der Waals surface area contributed by atoms with Crippen molar-refractivity contribution in [3.63, 3.8) is 0 Å². The van der Waals surface area contributed by atoms with Gasteiger partial charge in [-0.1, -0.05) is 12.1 Å².